The molecular formula is C20H23N3O3S2. The molecule has 1 atom stereocenters. The van der Waals surface area contributed by atoms with E-state index in [4.69, 9.17) is 4.74 Å². The summed E-state index contributed by atoms with van der Waals surface area (Å²) in [4.78, 5) is 34.0. The number of aromatic amines is 1. The summed E-state index contributed by atoms with van der Waals surface area (Å²) >= 11 is 2.96. The topological polar surface area (TPSA) is 84.1 Å². The van der Waals surface area contributed by atoms with Crippen LogP contribution < -0.4 is 15.6 Å². The first-order chi connectivity index (χ1) is 13.4. The minimum atomic E-state index is -0.275. The highest BCUT2D eigenvalue weighted by Gasteiger charge is 2.16. The second-order valence-corrected chi connectivity index (χ2v) is 8.99. The maximum absolute atomic E-state index is 12.4. The summed E-state index contributed by atoms with van der Waals surface area (Å²) < 4.78 is 5.30. The lowest BCUT2D eigenvalue weighted by molar-refractivity contribution is -0.120. The van der Waals surface area contributed by atoms with Gasteiger partial charge < -0.3 is 15.0 Å². The quantitative estimate of drug-likeness (QED) is 0.614. The van der Waals surface area contributed by atoms with Gasteiger partial charge in [-0.3, -0.25) is 9.59 Å². The van der Waals surface area contributed by atoms with Crippen LogP contribution in [0.2, 0.25) is 0 Å². The average Bonchev–Trinajstić information content (AvgIpc) is 2.98. The zero-order valence-electron chi connectivity index (χ0n) is 16.3. The molecule has 0 aliphatic rings. The van der Waals surface area contributed by atoms with Crippen LogP contribution in [0.15, 0.2) is 29.1 Å². The Hall–Kier alpha value is -2.32. The Kier molecular flexibility index (Phi) is 6.41. The maximum Gasteiger partial charge on any atom is 0.259 e. The number of hydrogen-bond donors (Lipinski definition) is 2. The third-order valence-corrected chi connectivity index (χ3v) is 6.83. The number of amides is 1. The van der Waals surface area contributed by atoms with E-state index in [0.717, 1.165) is 26.6 Å². The third kappa shape index (κ3) is 4.39. The Morgan fingerprint density at radius 1 is 1.36 bits per heavy atom. The average molecular weight is 418 g/mol. The fourth-order valence-corrected chi connectivity index (χ4v) is 4.65. The van der Waals surface area contributed by atoms with Crippen LogP contribution in [0.3, 0.4) is 0 Å². The Morgan fingerprint density at radius 2 is 2.11 bits per heavy atom. The van der Waals surface area contributed by atoms with Crippen molar-refractivity contribution < 1.29 is 9.53 Å². The number of para-hydroxylation sites is 1. The predicted octanol–water partition coefficient (Wildman–Crippen LogP) is 3.55. The summed E-state index contributed by atoms with van der Waals surface area (Å²) in [5, 5.41) is 3.32. The number of carbonyl (C=O) groups is 1. The van der Waals surface area contributed by atoms with Crippen molar-refractivity contribution in [3.05, 3.63) is 56.4 Å². The molecule has 28 heavy (non-hydrogen) atoms. The standard InChI is InChI=1S/C20H23N3O3S2/c1-11-12(2)28-20-17(11)19(25)22-16(23-20)10-27-13(3)18(24)21-9-14-7-5-6-8-15(14)26-4/h5-8,13H,9-10H2,1-4H3,(H,21,24)(H,22,23,25). The van der Waals surface area contributed by atoms with Crippen LogP contribution >= 0.6 is 23.1 Å². The van der Waals surface area contributed by atoms with Crippen LogP contribution in [-0.2, 0) is 17.1 Å². The van der Waals surface area contributed by atoms with E-state index in [2.05, 4.69) is 15.3 Å². The molecule has 3 rings (SSSR count). The fourth-order valence-electron chi connectivity index (χ4n) is 2.82. The number of rotatable bonds is 7. The first kappa shape index (κ1) is 20.4. The number of carbonyl (C=O) groups excluding carboxylic acids is 1. The minimum absolute atomic E-state index is 0.0675. The van der Waals surface area contributed by atoms with Gasteiger partial charge in [0.1, 0.15) is 16.4 Å². The molecular weight excluding hydrogens is 394 g/mol. The van der Waals surface area contributed by atoms with Crippen molar-refractivity contribution in [1.82, 2.24) is 15.3 Å². The van der Waals surface area contributed by atoms with Crippen LogP contribution in [-0.4, -0.2) is 28.2 Å². The van der Waals surface area contributed by atoms with Crippen molar-refractivity contribution >= 4 is 39.2 Å². The summed E-state index contributed by atoms with van der Waals surface area (Å²) in [6.45, 7) is 6.18. The van der Waals surface area contributed by atoms with Crippen molar-refractivity contribution in [3.8, 4) is 5.75 Å². The van der Waals surface area contributed by atoms with E-state index in [0.29, 0.717) is 23.5 Å². The molecule has 6 nitrogen and oxygen atoms in total. The van der Waals surface area contributed by atoms with Gasteiger partial charge in [0.15, 0.2) is 0 Å². The zero-order chi connectivity index (χ0) is 20.3. The van der Waals surface area contributed by atoms with Gasteiger partial charge in [0.25, 0.3) is 5.56 Å². The first-order valence-corrected chi connectivity index (χ1v) is 10.8. The van der Waals surface area contributed by atoms with Gasteiger partial charge in [-0.05, 0) is 32.4 Å². The van der Waals surface area contributed by atoms with Gasteiger partial charge in [-0.25, -0.2) is 4.98 Å². The van der Waals surface area contributed by atoms with Crippen molar-refractivity contribution in [2.75, 3.05) is 7.11 Å². The molecule has 1 amide bonds. The summed E-state index contributed by atoms with van der Waals surface area (Å²) in [6.07, 6.45) is 0. The molecule has 0 radical (unpaired) electrons. The Balaban J connectivity index is 1.60. The highest BCUT2D eigenvalue weighted by Crippen LogP contribution is 2.26. The van der Waals surface area contributed by atoms with Crippen LogP contribution in [0.4, 0.5) is 0 Å². The van der Waals surface area contributed by atoms with Gasteiger partial charge in [-0.15, -0.1) is 23.1 Å². The third-order valence-electron chi connectivity index (χ3n) is 4.57. The zero-order valence-corrected chi connectivity index (χ0v) is 17.9. The number of ether oxygens (including phenoxy) is 1. The molecule has 0 aliphatic carbocycles. The predicted molar refractivity (Wildman–Crippen MR) is 115 cm³/mol. The summed E-state index contributed by atoms with van der Waals surface area (Å²) in [5.74, 6) is 1.74. The van der Waals surface area contributed by atoms with E-state index in [-0.39, 0.29) is 16.7 Å². The molecule has 2 N–H and O–H groups in total. The largest absolute Gasteiger partial charge is 0.496 e. The summed E-state index contributed by atoms with van der Waals surface area (Å²) in [7, 11) is 1.61. The normalized spacial score (nSPS) is 12.1. The highest BCUT2D eigenvalue weighted by atomic mass is 32.2. The SMILES string of the molecule is COc1ccccc1CNC(=O)C(C)SCc1nc2sc(C)c(C)c2c(=O)[nH]1. The molecule has 2 aromatic heterocycles. The minimum Gasteiger partial charge on any atom is -0.496 e. The van der Waals surface area contributed by atoms with E-state index in [1.165, 1.54) is 23.1 Å². The van der Waals surface area contributed by atoms with Crippen LogP contribution in [0.25, 0.3) is 10.2 Å². The molecule has 0 spiro atoms. The molecule has 0 saturated carbocycles. The van der Waals surface area contributed by atoms with E-state index in [1.54, 1.807) is 7.11 Å². The molecule has 0 fully saturated rings. The number of methoxy groups -OCH3 is 1. The molecule has 0 bridgehead atoms. The summed E-state index contributed by atoms with van der Waals surface area (Å²) in [5.41, 5.74) is 1.79. The smallest absolute Gasteiger partial charge is 0.259 e. The van der Waals surface area contributed by atoms with E-state index < -0.39 is 0 Å². The van der Waals surface area contributed by atoms with Crippen molar-refractivity contribution in [1.29, 1.82) is 0 Å². The number of nitrogens with zero attached hydrogens (tertiary/aromatic N) is 1. The van der Waals surface area contributed by atoms with Crippen LogP contribution in [0, 0.1) is 13.8 Å². The lowest BCUT2D eigenvalue weighted by Crippen LogP contribution is -2.30. The lowest BCUT2D eigenvalue weighted by atomic mass is 10.2. The van der Waals surface area contributed by atoms with Gasteiger partial charge in [0.2, 0.25) is 5.91 Å². The molecule has 3 aromatic rings. The number of fused-ring (bicyclic) bond motifs is 1. The van der Waals surface area contributed by atoms with E-state index in [9.17, 15) is 9.59 Å². The highest BCUT2D eigenvalue weighted by molar-refractivity contribution is 7.99. The second kappa shape index (κ2) is 8.79. The molecule has 148 valence electrons. The van der Waals surface area contributed by atoms with Crippen molar-refractivity contribution in [2.45, 2.75) is 38.3 Å². The number of benzene rings is 1. The summed E-state index contributed by atoms with van der Waals surface area (Å²) in [6, 6.07) is 7.59. The fraction of sp³-hybridized carbons (Fsp3) is 0.350. The van der Waals surface area contributed by atoms with Gasteiger partial charge in [-0.2, -0.15) is 0 Å². The number of hydrogen-bond acceptors (Lipinski definition) is 6. The molecule has 0 saturated heterocycles. The Labute approximate surface area is 171 Å². The molecule has 2 heterocycles. The number of aromatic nitrogens is 2. The molecule has 1 unspecified atom stereocenters. The number of thioether (sulfide) groups is 1. The number of nitrogens with one attached hydrogen (secondary N) is 2. The number of H-pyrrole nitrogens is 1. The van der Waals surface area contributed by atoms with Crippen LogP contribution in [0.1, 0.15) is 28.8 Å². The van der Waals surface area contributed by atoms with E-state index in [1.807, 2.05) is 45.0 Å². The van der Waals surface area contributed by atoms with Gasteiger partial charge in [0, 0.05) is 17.0 Å². The van der Waals surface area contributed by atoms with Crippen molar-refractivity contribution in [3.63, 3.8) is 0 Å². The lowest BCUT2D eigenvalue weighted by Gasteiger charge is -2.13. The Bertz CT molecular complexity index is 1060. The molecule has 1 aromatic carbocycles. The van der Waals surface area contributed by atoms with Gasteiger partial charge >= 0.3 is 0 Å². The maximum atomic E-state index is 12.4. The first-order valence-electron chi connectivity index (χ1n) is 8.90. The molecule has 0 aliphatic heterocycles. The monoisotopic (exact) mass is 417 g/mol. The second-order valence-electron chi connectivity index (χ2n) is 6.46. The molecule has 8 heteroatoms. The number of thiophene rings is 1. The van der Waals surface area contributed by atoms with Gasteiger partial charge in [0.05, 0.1) is 23.5 Å². The van der Waals surface area contributed by atoms with Crippen LogP contribution in [0.5, 0.6) is 5.75 Å². The van der Waals surface area contributed by atoms with E-state index >= 15 is 0 Å². The Morgan fingerprint density at radius 3 is 2.86 bits per heavy atom. The van der Waals surface area contributed by atoms with Crippen molar-refractivity contribution in [2.24, 2.45) is 0 Å². The number of aryl methyl sites for hydroxylation is 2. The van der Waals surface area contributed by atoms with Gasteiger partial charge in [-0.1, -0.05) is 18.2 Å².